The molecule has 0 aromatic heterocycles. The minimum absolute atomic E-state index is 0.102. The van der Waals surface area contributed by atoms with Crippen LogP contribution in [0.3, 0.4) is 0 Å². The van der Waals surface area contributed by atoms with Crippen LogP contribution in [-0.4, -0.2) is 5.78 Å². The first kappa shape index (κ1) is 12.3. The standard InChI is InChI=1S/C17H16O/c1-3-8-17-15(13(2)18)11-7-12-16(17)14-9-5-4-6-10-14/h3-7,9-12H,1,8H2,2H3. The molecule has 0 aliphatic carbocycles. The van der Waals surface area contributed by atoms with E-state index in [0.717, 1.165) is 22.3 Å². The van der Waals surface area contributed by atoms with Crippen molar-refractivity contribution in [2.45, 2.75) is 13.3 Å². The highest BCUT2D eigenvalue weighted by Crippen LogP contribution is 2.27. The first-order valence-electron chi connectivity index (χ1n) is 6.03. The fourth-order valence-electron chi connectivity index (χ4n) is 2.17. The van der Waals surface area contributed by atoms with Crippen LogP contribution < -0.4 is 0 Å². The van der Waals surface area contributed by atoms with Crippen LogP contribution in [0.5, 0.6) is 0 Å². The molecule has 18 heavy (non-hydrogen) atoms. The van der Waals surface area contributed by atoms with Crippen molar-refractivity contribution < 1.29 is 4.79 Å². The average Bonchev–Trinajstić information content (AvgIpc) is 2.40. The number of allylic oxidation sites excluding steroid dienone is 1. The summed E-state index contributed by atoms with van der Waals surface area (Å²) in [5.41, 5.74) is 4.10. The average molecular weight is 236 g/mol. The molecule has 0 bridgehead atoms. The summed E-state index contributed by atoms with van der Waals surface area (Å²) >= 11 is 0. The molecular weight excluding hydrogens is 220 g/mol. The number of hydrogen-bond acceptors (Lipinski definition) is 1. The molecule has 0 amide bonds. The molecule has 90 valence electrons. The number of carbonyl (C=O) groups is 1. The number of benzene rings is 2. The first-order chi connectivity index (χ1) is 8.74. The third-order valence-corrected chi connectivity index (χ3v) is 2.99. The predicted octanol–water partition coefficient (Wildman–Crippen LogP) is 4.28. The van der Waals surface area contributed by atoms with Crippen LogP contribution in [-0.2, 0) is 6.42 Å². The summed E-state index contributed by atoms with van der Waals surface area (Å²) in [5.74, 6) is 0.102. The molecule has 0 atom stereocenters. The second kappa shape index (κ2) is 5.46. The molecule has 0 unspecified atom stereocenters. The Bertz CT molecular complexity index is 567. The van der Waals surface area contributed by atoms with Crippen molar-refractivity contribution in [1.29, 1.82) is 0 Å². The molecule has 0 heterocycles. The third-order valence-electron chi connectivity index (χ3n) is 2.99. The summed E-state index contributed by atoms with van der Waals surface area (Å²) in [6.45, 7) is 5.39. The summed E-state index contributed by atoms with van der Waals surface area (Å²) in [6, 6.07) is 16.0. The van der Waals surface area contributed by atoms with Crippen molar-refractivity contribution >= 4 is 5.78 Å². The molecule has 1 heteroatoms. The van der Waals surface area contributed by atoms with E-state index in [2.05, 4.69) is 24.8 Å². The van der Waals surface area contributed by atoms with E-state index < -0.39 is 0 Å². The predicted molar refractivity (Wildman–Crippen MR) is 75.8 cm³/mol. The van der Waals surface area contributed by atoms with Gasteiger partial charge in [0.15, 0.2) is 5.78 Å². The van der Waals surface area contributed by atoms with E-state index in [-0.39, 0.29) is 5.78 Å². The lowest BCUT2D eigenvalue weighted by atomic mass is 9.92. The molecule has 0 radical (unpaired) electrons. The van der Waals surface area contributed by atoms with Gasteiger partial charge in [-0.3, -0.25) is 4.79 Å². The lowest BCUT2D eigenvalue weighted by molar-refractivity contribution is 0.101. The van der Waals surface area contributed by atoms with Crippen LogP contribution in [0.15, 0.2) is 61.2 Å². The monoisotopic (exact) mass is 236 g/mol. The van der Waals surface area contributed by atoms with Crippen LogP contribution in [0.4, 0.5) is 0 Å². The molecule has 2 rings (SSSR count). The smallest absolute Gasteiger partial charge is 0.160 e. The Morgan fingerprint density at radius 3 is 2.44 bits per heavy atom. The Balaban J connectivity index is 2.63. The summed E-state index contributed by atoms with van der Waals surface area (Å²) in [4.78, 5) is 11.7. The van der Waals surface area contributed by atoms with E-state index in [1.54, 1.807) is 6.92 Å². The van der Waals surface area contributed by atoms with Gasteiger partial charge in [-0.05, 0) is 30.0 Å². The van der Waals surface area contributed by atoms with E-state index >= 15 is 0 Å². The van der Waals surface area contributed by atoms with E-state index in [4.69, 9.17) is 0 Å². The molecule has 0 spiro atoms. The van der Waals surface area contributed by atoms with Gasteiger partial charge in [-0.25, -0.2) is 0 Å². The van der Waals surface area contributed by atoms with Crippen molar-refractivity contribution in [3.05, 3.63) is 72.3 Å². The lowest BCUT2D eigenvalue weighted by Crippen LogP contribution is -2.01. The van der Waals surface area contributed by atoms with Crippen molar-refractivity contribution in [3.63, 3.8) is 0 Å². The van der Waals surface area contributed by atoms with E-state index in [9.17, 15) is 4.79 Å². The Kier molecular flexibility index (Phi) is 3.73. The van der Waals surface area contributed by atoms with Crippen LogP contribution >= 0.6 is 0 Å². The molecule has 0 aliphatic heterocycles. The van der Waals surface area contributed by atoms with Crippen molar-refractivity contribution in [3.8, 4) is 11.1 Å². The quantitative estimate of drug-likeness (QED) is 0.572. The van der Waals surface area contributed by atoms with Crippen LogP contribution in [0.1, 0.15) is 22.8 Å². The second-order valence-corrected chi connectivity index (χ2v) is 4.25. The lowest BCUT2D eigenvalue weighted by Gasteiger charge is -2.12. The van der Waals surface area contributed by atoms with Crippen molar-refractivity contribution in [2.75, 3.05) is 0 Å². The normalized spacial score (nSPS) is 10.1. The largest absolute Gasteiger partial charge is 0.295 e. The van der Waals surface area contributed by atoms with Crippen molar-refractivity contribution in [1.82, 2.24) is 0 Å². The topological polar surface area (TPSA) is 17.1 Å². The van der Waals surface area contributed by atoms with Gasteiger partial charge in [-0.1, -0.05) is 54.6 Å². The van der Waals surface area contributed by atoms with Gasteiger partial charge in [0, 0.05) is 5.56 Å². The van der Waals surface area contributed by atoms with E-state index in [1.165, 1.54) is 0 Å². The van der Waals surface area contributed by atoms with Gasteiger partial charge < -0.3 is 0 Å². The summed E-state index contributed by atoms with van der Waals surface area (Å²) in [7, 11) is 0. The second-order valence-electron chi connectivity index (χ2n) is 4.25. The van der Waals surface area contributed by atoms with Gasteiger partial charge in [0.25, 0.3) is 0 Å². The van der Waals surface area contributed by atoms with Gasteiger partial charge in [-0.15, -0.1) is 6.58 Å². The molecule has 1 nitrogen and oxygen atoms in total. The molecule has 0 saturated carbocycles. The zero-order valence-electron chi connectivity index (χ0n) is 10.5. The number of carbonyl (C=O) groups excluding carboxylic acids is 1. The SMILES string of the molecule is C=CCc1c(C(C)=O)cccc1-c1ccccc1. The molecule has 2 aromatic rings. The number of rotatable bonds is 4. The molecule has 0 aliphatic rings. The van der Waals surface area contributed by atoms with E-state index in [1.807, 2.05) is 36.4 Å². The summed E-state index contributed by atoms with van der Waals surface area (Å²) in [6.07, 6.45) is 2.55. The van der Waals surface area contributed by atoms with Gasteiger partial charge in [-0.2, -0.15) is 0 Å². The van der Waals surface area contributed by atoms with Crippen LogP contribution in [0, 0.1) is 0 Å². The minimum atomic E-state index is 0.102. The molecule has 0 N–H and O–H groups in total. The maximum atomic E-state index is 11.7. The summed E-state index contributed by atoms with van der Waals surface area (Å²) in [5, 5.41) is 0. The zero-order chi connectivity index (χ0) is 13.0. The van der Waals surface area contributed by atoms with Crippen LogP contribution in [0.2, 0.25) is 0 Å². The fraction of sp³-hybridized carbons (Fsp3) is 0.118. The Morgan fingerprint density at radius 2 is 1.83 bits per heavy atom. The van der Waals surface area contributed by atoms with Gasteiger partial charge in [0.2, 0.25) is 0 Å². The highest BCUT2D eigenvalue weighted by Gasteiger charge is 2.11. The minimum Gasteiger partial charge on any atom is -0.295 e. The third kappa shape index (κ3) is 2.40. The molecule has 2 aromatic carbocycles. The molecular formula is C17H16O. The molecule has 0 fully saturated rings. The number of ketones is 1. The maximum Gasteiger partial charge on any atom is 0.160 e. The maximum absolute atomic E-state index is 11.7. The van der Waals surface area contributed by atoms with Gasteiger partial charge in [0.05, 0.1) is 0 Å². The van der Waals surface area contributed by atoms with Crippen molar-refractivity contribution in [2.24, 2.45) is 0 Å². The highest BCUT2D eigenvalue weighted by molar-refractivity contribution is 5.97. The number of Topliss-reactive ketones (excluding diaryl/α,β-unsaturated/α-hetero) is 1. The van der Waals surface area contributed by atoms with E-state index in [0.29, 0.717) is 6.42 Å². The highest BCUT2D eigenvalue weighted by atomic mass is 16.1. The Labute approximate surface area is 108 Å². The number of hydrogen-bond donors (Lipinski definition) is 0. The molecule has 0 saturated heterocycles. The Hall–Kier alpha value is -2.15. The first-order valence-corrected chi connectivity index (χ1v) is 6.03. The summed E-state index contributed by atoms with van der Waals surface area (Å²) < 4.78 is 0. The Morgan fingerprint density at radius 1 is 1.11 bits per heavy atom. The van der Waals surface area contributed by atoms with Gasteiger partial charge >= 0.3 is 0 Å². The van der Waals surface area contributed by atoms with Crippen LogP contribution in [0.25, 0.3) is 11.1 Å². The van der Waals surface area contributed by atoms with Gasteiger partial charge in [0.1, 0.15) is 0 Å². The fourth-order valence-corrected chi connectivity index (χ4v) is 2.17. The zero-order valence-corrected chi connectivity index (χ0v) is 10.5.